The zero-order valence-electron chi connectivity index (χ0n) is 21.0. The van der Waals surface area contributed by atoms with Crippen molar-refractivity contribution in [3.63, 3.8) is 0 Å². The Morgan fingerprint density at radius 3 is 2.11 bits per heavy atom. The average molecular weight is 532 g/mol. The molecular formula is C26H29NO9S. The van der Waals surface area contributed by atoms with E-state index >= 15 is 0 Å². The van der Waals surface area contributed by atoms with Gasteiger partial charge in [-0.15, -0.1) is 11.8 Å². The highest BCUT2D eigenvalue weighted by Gasteiger charge is 2.34. The average Bonchev–Trinajstić information content (AvgIpc) is 2.84. The molecule has 0 aliphatic rings. The van der Waals surface area contributed by atoms with E-state index in [4.69, 9.17) is 18.9 Å². The quantitative estimate of drug-likeness (QED) is 0.246. The van der Waals surface area contributed by atoms with Gasteiger partial charge in [-0.1, -0.05) is 43.3 Å². The molecule has 0 fully saturated rings. The molecule has 2 aromatic carbocycles. The first-order chi connectivity index (χ1) is 17.6. The first-order valence-electron chi connectivity index (χ1n) is 11.4. The Hall–Kier alpha value is -3.86. The zero-order chi connectivity index (χ0) is 27.4. The number of esters is 4. The summed E-state index contributed by atoms with van der Waals surface area (Å²) in [6.07, 6.45) is -1.21. The summed E-state index contributed by atoms with van der Waals surface area (Å²) >= 11 is 1.30. The van der Waals surface area contributed by atoms with Crippen LogP contribution in [0.3, 0.4) is 0 Å². The van der Waals surface area contributed by atoms with Crippen molar-refractivity contribution in [1.29, 1.82) is 0 Å². The van der Waals surface area contributed by atoms with Gasteiger partial charge in [-0.25, -0.2) is 0 Å². The zero-order valence-corrected chi connectivity index (χ0v) is 21.8. The summed E-state index contributed by atoms with van der Waals surface area (Å²) in [6.45, 7) is 4.78. The van der Waals surface area contributed by atoms with Gasteiger partial charge in [0.2, 0.25) is 0 Å². The van der Waals surface area contributed by atoms with E-state index in [2.05, 4.69) is 5.32 Å². The van der Waals surface area contributed by atoms with Gasteiger partial charge in [0.05, 0.1) is 5.25 Å². The molecule has 1 amide bonds. The minimum absolute atomic E-state index is 0.0122. The minimum Gasteiger partial charge on any atom is -0.451 e. The Kier molecular flexibility index (Phi) is 11.6. The van der Waals surface area contributed by atoms with E-state index in [-0.39, 0.29) is 17.9 Å². The van der Waals surface area contributed by atoms with Crippen molar-refractivity contribution in [1.82, 2.24) is 5.32 Å². The predicted octanol–water partition coefficient (Wildman–Crippen LogP) is 3.47. The standard InChI is InChI=1S/C26H29NO9S/c1-5-23(31)33-15-27-26(32)24(36-18(4)30)25(37-14-19-9-7-6-8-10-19)20-11-12-21(34-16(2)28)22(13-20)35-17(3)29/h6-13,24-25H,5,14-15H2,1-4H3,(H,27,32). The molecule has 0 bridgehead atoms. The number of thioether (sulfide) groups is 1. The molecule has 2 unspecified atom stereocenters. The van der Waals surface area contributed by atoms with Gasteiger partial charge in [0.25, 0.3) is 5.91 Å². The Morgan fingerprint density at radius 1 is 0.865 bits per heavy atom. The fourth-order valence-corrected chi connectivity index (χ4v) is 4.37. The first kappa shape index (κ1) is 29.4. The van der Waals surface area contributed by atoms with Crippen molar-refractivity contribution in [3.05, 3.63) is 59.7 Å². The third-order valence-electron chi connectivity index (χ3n) is 4.67. The largest absolute Gasteiger partial charge is 0.451 e. The second-order valence-electron chi connectivity index (χ2n) is 7.70. The van der Waals surface area contributed by atoms with E-state index in [0.29, 0.717) is 11.3 Å². The number of hydrogen-bond donors (Lipinski definition) is 1. The summed E-state index contributed by atoms with van der Waals surface area (Å²) in [7, 11) is 0. The molecule has 2 atom stereocenters. The molecule has 0 heterocycles. The van der Waals surface area contributed by atoms with Crippen LogP contribution >= 0.6 is 11.8 Å². The molecule has 1 N–H and O–H groups in total. The monoisotopic (exact) mass is 531 g/mol. The van der Waals surface area contributed by atoms with Crippen molar-refractivity contribution in [3.8, 4) is 11.5 Å². The third kappa shape index (κ3) is 9.96. The van der Waals surface area contributed by atoms with Gasteiger partial charge in [-0.2, -0.15) is 0 Å². The minimum atomic E-state index is -1.34. The van der Waals surface area contributed by atoms with E-state index in [1.807, 2.05) is 30.3 Å². The number of nitrogens with one attached hydrogen (secondary N) is 1. The van der Waals surface area contributed by atoms with Crippen LogP contribution in [0.15, 0.2) is 48.5 Å². The van der Waals surface area contributed by atoms with Gasteiger partial charge in [0, 0.05) is 32.9 Å². The number of benzene rings is 2. The first-order valence-corrected chi connectivity index (χ1v) is 12.4. The molecule has 37 heavy (non-hydrogen) atoms. The fourth-order valence-electron chi connectivity index (χ4n) is 3.12. The molecule has 10 nitrogen and oxygen atoms in total. The van der Waals surface area contributed by atoms with Gasteiger partial charge < -0.3 is 24.3 Å². The number of carbonyl (C=O) groups excluding carboxylic acids is 5. The molecule has 0 saturated heterocycles. The number of hydrogen-bond acceptors (Lipinski definition) is 10. The third-order valence-corrected chi connectivity index (χ3v) is 6.05. The summed E-state index contributed by atoms with van der Waals surface area (Å²) in [5.41, 5.74) is 1.41. The Morgan fingerprint density at radius 2 is 1.51 bits per heavy atom. The molecule has 0 aromatic heterocycles. The summed E-state index contributed by atoms with van der Waals surface area (Å²) in [6, 6.07) is 13.9. The normalized spacial score (nSPS) is 12.0. The molecule has 2 aromatic rings. The predicted molar refractivity (Wildman–Crippen MR) is 134 cm³/mol. The molecule has 0 radical (unpaired) electrons. The molecule has 0 spiro atoms. The van der Waals surface area contributed by atoms with Crippen molar-refractivity contribution in [2.75, 3.05) is 6.73 Å². The van der Waals surface area contributed by atoms with Gasteiger partial charge in [0.15, 0.2) is 24.3 Å². The molecule has 198 valence electrons. The lowest BCUT2D eigenvalue weighted by Crippen LogP contribution is -2.41. The lowest BCUT2D eigenvalue weighted by atomic mass is 10.1. The van der Waals surface area contributed by atoms with Crippen LogP contribution in [-0.4, -0.2) is 42.6 Å². The van der Waals surface area contributed by atoms with Crippen molar-refractivity contribution < 1.29 is 42.9 Å². The molecule has 11 heteroatoms. The van der Waals surface area contributed by atoms with Gasteiger partial charge >= 0.3 is 23.9 Å². The lowest BCUT2D eigenvalue weighted by molar-refractivity contribution is -0.156. The van der Waals surface area contributed by atoms with E-state index in [9.17, 15) is 24.0 Å². The Bertz CT molecular complexity index is 1120. The number of rotatable bonds is 12. The van der Waals surface area contributed by atoms with E-state index in [0.717, 1.165) is 5.56 Å². The van der Waals surface area contributed by atoms with E-state index < -0.39 is 47.9 Å². The van der Waals surface area contributed by atoms with Crippen molar-refractivity contribution >= 4 is 41.5 Å². The van der Waals surface area contributed by atoms with Crippen LogP contribution in [0.4, 0.5) is 0 Å². The van der Waals surface area contributed by atoms with Crippen LogP contribution in [0.1, 0.15) is 50.5 Å². The van der Waals surface area contributed by atoms with Crippen molar-refractivity contribution in [2.45, 2.75) is 51.2 Å². The summed E-state index contributed by atoms with van der Waals surface area (Å²) in [4.78, 5) is 59.7. The Balaban J connectivity index is 2.47. The maximum Gasteiger partial charge on any atom is 0.308 e. The molecular weight excluding hydrogens is 502 g/mol. The smallest absolute Gasteiger partial charge is 0.308 e. The highest BCUT2D eigenvalue weighted by atomic mass is 32.2. The van der Waals surface area contributed by atoms with Gasteiger partial charge in [-0.05, 0) is 23.3 Å². The number of ether oxygens (including phenoxy) is 4. The van der Waals surface area contributed by atoms with Crippen LogP contribution < -0.4 is 14.8 Å². The SMILES string of the molecule is CCC(=O)OCNC(=O)C(OC(C)=O)C(SCc1ccccc1)c1ccc(OC(C)=O)c(OC(C)=O)c1. The number of amides is 1. The maximum atomic E-state index is 13.1. The molecule has 2 rings (SSSR count). The highest BCUT2D eigenvalue weighted by molar-refractivity contribution is 7.98. The summed E-state index contributed by atoms with van der Waals surface area (Å²) in [5.74, 6) is -2.75. The molecule has 0 aliphatic heterocycles. The van der Waals surface area contributed by atoms with E-state index in [1.165, 1.54) is 44.7 Å². The maximum absolute atomic E-state index is 13.1. The van der Waals surface area contributed by atoms with E-state index in [1.54, 1.807) is 13.0 Å². The Labute approximate surface area is 219 Å². The second kappa shape index (κ2) is 14.6. The molecule has 0 saturated carbocycles. The summed E-state index contributed by atoms with van der Waals surface area (Å²) < 4.78 is 20.7. The summed E-state index contributed by atoms with van der Waals surface area (Å²) in [5, 5.41) is 1.67. The van der Waals surface area contributed by atoms with Crippen molar-refractivity contribution in [2.24, 2.45) is 0 Å². The highest BCUT2D eigenvalue weighted by Crippen LogP contribution is 2.40. The topological polar surface area (TPSA) is 134 Å². The fraction of sp³-hybridized carbons (Fsp3) is 0.346. The molecule has 0 aliphatic carbocycles. The van der Waals surface area contributed by atoms with Crippen LogP contribution in [0, 0.1) is 0 Å². The number of carbonyl (C=O) groups is 5. The van der Waals surface area contributed by atoms with Crippen LogP contribution in [-0.2, 0) is 39.2 Å². The van der Waals surface area contributed by atoms with Gasteiger partial charge in [-0.3, -0.25) is 24.0 Å². The van der Waals surface area contributed by atoms with Gasteiger partial charge in [0.1, 0.15) is 0 Å². The van der Waals surface area contributed by atoms with Crippen LogP contribution in [0.25, 0.3) is 0 Å². The second-order valence-corrected chi connectivity index (χ2v) is 8.83. The van der Waals surface area contributed by atoms with Crippen LogP contribution in [0.5, 0.6) is 11.5 Å². The lowest BCUT2D eigenvalue weighted by Gasteiger charge is -2.26. The van der Waals surface area contributed by atoms with Crippen LogP contribution in [0.2, 0.25) is 0 Å².